The van der Waals surface area contributed by atoms with Crippen molar-refractivity contribution in [3.63, 3.8) is 0 Å². The van der Waals surface area contributed by atoms with Crippen molar-refractivity contribution in [3.8, 4) is 22.9 Å². The molecule has 1 fully saturated rings. The molecule has 2 aromatic heterocycles. The third-order valence-electron chi connectivity index (χ3n) is 6.58. The lowest BCUT2D eigenvalue weighted by molar-refractivity contribution is 0.0966. The molecule has 1 amide bonds. The van der Waals surface area contributed by atoms with Gasteiger partial charge < -0.3 is 9.47 Å². The van der Waals surface area contributed by atoms with Crippen LogP contribution in [0.1, 0.15) is 62.5 Å². The zero-order valence-corrected chi connectivity index (χ0v) is 23.4. The van der Waals surface area contributed by atoms with E-state index in [0.717, 1.165) is 25.7 Å². The average Bonchev–Trinajstić information content (AvgIpc) is 3.42. The molecule has 4 rings (SSSR count). The van der Waals surface area contributed by atoms with Crippen molar-refractivity contribution in [3.05, 3.63) is 65.6 Å². The summed E-state index contributed by atoms with van der Waals surface area (Å²) >= 11 is 0. The van der Waals surface area contributed by atoms with E-state index in [0.29, 0.717) is 29.3 Å². The molecule has 1 aliphatic carbocycles. The minimum absolute atomic E-state index is 0.0225. The predicted molar refractivity (Wildman–Crippen MR) is 146 cm³/mol. The van der Waals surface area contributed by atoms with Crippen LogP contribution in [-0.4, -0.2) is 37.0 Å². The summed E-state index contributed by atoms with van der Waals surface area (Å²) in [4.78, 5) is 21.8. The lowest BCUT2D eigenvalue weighted by Crippen LogP contribution is -2.32. The molecule has 1 aliphatic rings. The summed E-state index contributed by atoms with van der Waals surface area (Å²) < 4.78 is 54.2. The Kier molecular flexibility index (Phi) is 8.84. The average molecular weight is 556 g/mol. The summed E-state index contributed by atoms with van der Waals surface area (Å²) in [5.74, 6) is -0.501. The number of rotatable bonds is 10. The number of carbonyl (C=O) groups is 1. The molecule has 208 valence electrons. The number of amides is 1. The van der Waals surface area contributed by atoms with E-state index in [4.69, 9.17) is 9.47 Å². The number of carbonyl (C=O) groups excluding carboxylic acids is 1. The number of nitrogens with zero attached hydrogens (tertiary/aromatic N) is 2. The Hall–Kier alpha value is -3.53. The number of halogens is 1. The number of pyridine rings is 2. The van der Waals surface area contributed by atoms with Gasteiger partial charge in [0.2, 0.25) is 5.88 Å². The molecule has 3 aromatic rings. The van der Waals surface area contributed by atoms with Gasteiger partial charge in [0, 0.05) is 17.3 Å². The molecule has 0 spiro atoms. The fourth-order valence-corrected chi connectivity index (χ4v) is 5.50. The lowest BCUT2D eigenvalue weighted by atomic mass is 10.0. The van der Waals surface area contributed by atoms with E-state index in [1.165, 1.54) is 30.3 Å². The standard InChI is InChI=1S/C29H34FN3O5S/c1-18(2)17-37-24-15-22(14-23(30)16-24)26-13-12-25(29(32-26)38-20(4)21-9-5-6-10-21)28(34)33-39(35,36)27-11-7-8-19(3)31-27/h7-8,11-16,18,20-21H,5-6,9-10,17H2,1-4H3,(H,33,34). The van der Waals surface area contributed by atoms with Crippen LogP contribution in [0, 0.1) is 24.6 Å². The summed E-state index contributed by atoms with van der Waals surface area (Å²) in [7, 11) is -4.24. The summed E-state index contributed by atoms with van der Waals surface area (Å²) in [5, 5.41) is -0.268. The summed E-state index contributed by atoms with van der Waals surface area (Å²) in [6.45, 7) is 7.99. The zero-order valence-electron chi connectivity index (χ0n) is 22.6. The molecule has 1 atom stereocenters. The Balaban J connectivity index is 1.68. The molecule has 1 unspecified atom stereocenters. The molecular weight excluding hydrogens is 521 g/mol. The second-order valence-electron chi connectivity index (χ2n) is 10.3. The number of hydrogen-bond acceptors (Lipinski definition) is 7. The fraction of sp³-hybridized carbons (Fsp3) is 0.414. The molecule has 0 aliphatic heterocycles. The number of aromatic nitrogens is 2. The van der Waals surface area contributed by atoms with Crippen LogP contribution in [0.25, 0.3) is 11.3 Å². The van der Waals surface area contributed by atoms with Gasteiger partial charge in [-0.05, 0) is 74.9 Å². The molecule has 8 nitrogen and oxygen atoms in total. The maximum Gasteiger partial charge on any atom is 0.281 e. The third kappa shape index (κ3) is 7.32. The first-order valence-electron chi connectivity index (χ1n) is 13.1. The van der Waals surface area contributed by atoms with E-state index >= 15 is 0 Å². The van der Waals surface area contributed by atoms with Crippen LogP contribution in [0.2, 0.25) is 0 Å². The van der Waals surface area contributed by atoms with Gasteiger partial charge in [-0.15, -0.1) is 0 Å². The molecule has 2 heterocycles. The number of benzene rings is 1. The van der Waals surface area contributed by atoms with E-state index in [1.54, 1.807) is 25.1 Å². The summed E-state index contributed by atoms with van der Waals surface area (Å²) in [5.41, 5.74) is 1.25. The van der Waals surface area contributed by atoms with Crippen molar-refractivity contribution in [2.24, 2.45) is 11.8 Å². The smallest absolute Gasteiger partial charge is 0.281 e. The number of ether oxygens (including phenoxy) is 2. The Morgan fingerprint density at radius 3 is 2.51 bits per heavy atom. The Labute approximate surface area is 229 Å². The third-order valence-corrected chi connectivity index (χ3v) is 7.81. The molecule has 0 bridgehead atoms. The van der Waals surface area contributed by atoms with Gasteiger partial charge in [-0.2, -0.15) is 8.42 Å². The first-order chi connectivity index (χ1) is 18.5. The predicted octanol–water partition coefficient (Wildman–Crippen LogP) is 5.70. The van der Waals surface area contributed by atoms with E-state index in [1.807, 2.05) is 20.8 Å². The molecule has 1 saturated carbocycles. The lowest BCUT2D eigenvalue weighted by Gasteiger charge is -2.22. The van der Waals surface area contributed by atoms with Crippen LogP contribution in [0.4, 0.5) is 4.39 Å². The van der Waals surface area contributed by atoms with Gasteiger partial charge in [-0.3, -0.25) is 4.79 Å². The van der Waals surface area contributed by atoms with Crippen molar-refractivity contribution in [1.29, 1.82) is 0 Å². The number of hydrogen-bond donors (Lipinski definition) is 1. The summed E-state index contributed by atoms with van der Waals surface area (Å²) in [6.07, 6.45) is 3.94. The highest BCUT2D eigenvalue weighted by molar-refractivity contribution is 7.90. The highest BCUT2D eigenvalue weighted by atomic mass is 32.2. The molecular formula is C29H34FN3O5S. The number of aryl methyl sites for hydroxylation is 1. The van der Waals surface area contributed by atoms with Crippen LogP contribution in [0.3, 0.4) is 0 Å². The van der Waals surface area contributed by atoms with Crippen LogP contribution in [0.5, 0.6) is 11.6 Å². The van der Waals surface area contributed by atoms with Gasteiger partial charge in [0.1, 0.15) is 23.2 Å². The minimum Gasteiger partial charge on any atom is -0.493 e. The first-order valence-corrected chi connectivity index (χ1v) is 14.6. The molecule has 1 N–H and O–H groups in total. The fourth-order valence-electron chi connectivity index (χ4n) is 4.52. The van der Waals surface area contributed by atoms with Crippen LogP contribution in [0.15, 0.2) is 53.6 Å². The van der Waals surface area contributed by atoms with Gasteiger partial charge in [0.05, 0.1) is 12.3 Å². The van der Waals surface area contributed by atoms with Gasteiger partial charge in [0.15, 0.2) is 5.03 Å². The molecule has 1 aromatic carbocycles. The van der Waals surface area contributed by atoms with Crippen molar-refractivity contribution < 1.29 is 27.1 Å². The van der Waals surface area contributed by atoms with Crippen molar-refractivity contribution in [2.75, 3.05) is 6.61 Å². The Morgan fingerprint density at radius 1 is 1.08 bits per heavy atom. The second-order valence-corrected chi connectivity index (χ2v) is 12.0. The number of sulfonamides is 1. The maximum atomic E-state index is 14.5. The van der Waals surface area contributed by atoms with Gasteiger partial charge >= 0.3 is 0 Å². The Bertz CT molecular complexity index is 1440. The quantitative estimate of drug-likeness (QED) is 0.342. The second kappa shape index (κ2) is 12.1. The van der Waals surface area contributed by atoms with E-state index in [2.05, 4.69) is 14.7 Å². The van der Waals surface area contributed by atoms with Crippen LogP contribution >= 0.6 is 0 Å². The minimum atomic E-state index is -4.24. The van der Waals surface area contributed by atoms with Crippen molar-refractivity contribution in [2.45, 2.75) is 64.5 Å². The van der Waals surface area contributed by atoms with E-state index in [9.17, 15) is 17.6 Å². The SMILES string of the molecule is Cc1cccc(S(=O)(=O)NC(=O)c2ccc(-c3cc(F)cc(OCC(C)C)c3)nc2OC(C)C2CCCC2)n1. The van der Waals surface area contributed by atoms with Crippen LogP contribution < -0.4 is 14.2 Å². The van der Waals surface area contributed by atoms with Crippen molar-refractivity contribution >= 4 is 15.9 Å². The zero-order chi connectivity index (χ0) is 28.2. The highest BCUT2D eigenvalue weighted by Crippen LogP contribution is 2.32. The van der Waals surface area contributed by atoms with E-state index in [-0.39, 0.29) is 34.4 Å². The Morgan fingerprint density at radius 2 is 1.82 bits per heavy atom. The van der Waals surface area contributed by atoms with Crippen molar-refractivity contribution in [1.82, 2.24) is 14.7 Å². The van der Waals surface area contributed by atoms with Gasteiger partial charge in [-0.25, -0.2) is 19.1 Å². The van der Waals surface area contributed by atoms with Gasteiger partial charge in [0.25, 0.3) is 15.9 Å². The normalized spacial score (nSPS) is 14.8. The molecule has 10 heteroatoms. The first kappa shape index (κ1) is 28.5. The van der Waals surface area contributed by atoms with Crippen LogP contribution in [-0.2, 0) is 10.0 Å². The molecule has 39 heavy (non-hydrogen) atoms. The van der Waals surface area contributed by atoms with Gasteiger partial charge in [-0.1, -0.05) is 32.8 Å². The largest absolute Gasteiger partial charge is 0.493 e. The maximum absolute atomic E-state index is 14.5. The number of nitrogens with one attached hydrogen (secondary N) is 1. The highest BCUT2D eigenvalue weighted by Gasteiger charge is 2.28. The topological polar surface area (TPSA) is 107 Å². The van der Waals surface area contributed by atoms with E-state index < -0.39 is 21.7 Å². The summed E-state index contributed by atoms with van der Waals surface area (Å²) in [6, 6.07) is 11.8. The molecule has 0 radical (unpaired) electrons. The molecule has 0 saturated heterocycles. The monoisotopic (exact) mass is 555 g/mol.